The number of hydrogen-bond donors (Lipinski definition) is 0. The van der Waals surface area contributed by atoms with Crippen molar-refractivity contribution in [3.63, 3.8) is 0 Å². The normalized spacial score (nSPS) is 18.1. The number of benzene rings is 1. The Morgan fingerprint density at radius 2 is 2.00 bits per heavy atom. The highest BCUT2D eigenvalue weighted by molar-refractivity contribution is 6.29. The van der Waals surface area contributed by atoms with Gasteiger partial charge in [0.1, 0.15) is 11.3 Å². The fourth-order valence-electron chi connectivity index (χ4n) is 4.18. The number of halogens is 1. The Kier molecular flexibility index (Phi) is 3.27. The topological polar surface area (TPSA) is 81.4 Å². The van der Waals surface area contributed by atoms with Crippen LogP contribution in [0.1, 0.15) is 24.6 Å². The number of imidazole rings is 1. The SMILES string of the molecule is CN1CCCC1c1cn(-c2nnc3c4ccccc4n4c(Cl)ncc4n23)nn1. The van der Waals surface area contributed by atoms with Gasteiger partial charge in [-0.15, -0.1) is 15.3 Å². The number of likely N-dealkylation sites (tertiary alicyclic amines) is 1. The molecule has 1 aliphatic rings. The van der Waals surface area contributed by atoms with Crippen LogP contribution in [0, 0.1) is 0 Å². The average molecular weight is 394 g/mol. The van der Waals surface area contributed by atoms with Crippen LogP contribution < -0.4 is 0 Å². The maximum Gasteiger partial charge on any atom is 0.259 e. The smallest absolute Gasteiger partial charge is 0.259 e. The van der Waals surface area contributed by atoms with E-state index < -0.39 is 0 Å². The highest BCUT2D eigenvalue weighted by atomic mass is 35.5. The van der Waals surface area contributed by atoms with E-state index in [1.807, 2.05) is 39.3 Å². The summed E-state index contributed by atoms with van der Waals surface area (Å²) in [5.41, 5.74) is 3.37. The molecule has 1 saturated heterocycles. The monoisotopic (exact) mass is 393 g/mol. The van der Waals surface area contributed by atoms with Gasteiger partial charge in [0.15, 0.2) is 5.65 Å². The molecular weight excluding hydrogens is 378 g/mol. The van der Waals surface area contributed by atoms with Crippen LogP contribution in [0.15, 0.2) is 36.7 Å². The first-order chi connectivity index (χ1) is 13.7. The molecular formula is C18H16ClN9. The zero-order valence-electron chi connectivity index (χ0n) is 15.1. The minimum Gasteiger partial charge on any atom is -0.298 e. The summed E-state index contributed by atoms with van der Waals surface area (Å²) >= 11 is 6.38. The van der Waals surface area contributed by atoms with Crippen LogP contribution in [-0.2, 0) is 0 Å². The zero-order valence-corrected chi connectivity index (χ0v) is 15.8. The summed E-state index contributed by atoms with van der Waals surface area (Å²) in [5, 5.41) is 18.9. The largest absolute Gasteiger partial charge is 0.298 e. The molecule has 1 aromatic carbocycles. The summed E-state index contributed by atoms with van der Waals surface area (Å²) in [6.07, 6.45) is 5.91. The number of para-hydroxylation sites is 1. The second-order valence-electron chi connectivity index (χ2n) is 7.12. The molecule has 28 heavy (non-hydrogen) atoms. The van der Waals surface area contributed by atoms with E-state index in [9.17, 15) is 0 Å². The molecule has 0 saturated carbocycles. The standard InChI is InChI=1S/C18H16ClN9/c1-25-8-4-7-14(25)12-10-26(24-21-12)18-23-22-16-11-5-2-3-6-13(11)27-15(28(16)18)9-20-17(27)19/h2-3,5-6,9-10,14H,4,7-8H2,1H3. The Labute approximate surface area is 164 Å². The highest BCUT2D eigenvalue weighted by Gasteiger charge is 2.26. The lowest BCUT2D eigenvalue weighted by molar-refractivity contribution is 0.311. The van der Waals surface area contributed by atoms with Gasteiger partial charge in [0.2, 0.25) is 5.28 Å². The lowest BCUT2D eigenvalue weighted by Gasteiger charge is -2.15. The van der Waals surface area contributed by atoms with E-state index in [0.717, 1.165) is 40.9 Å². The first kappa shape index (κ1) is 16.0. The van der Waals surface area contributed by atoms with Crippen molar-refractivity contribution in [1.29, 1.82) is 0 Å². The molecule has 0 aliphatic carbocycles. The predicted octanol–water partition coefficient (Wildman–Crippen LogP) is 2.53. The molecule has 9 nitrogen and oxygen atoms in total. The van der Waals surface area contributed by atoms with Crippen LogP contribution in [0.2, 0.25) is 5.28 Å². The molecule has 6 rings (SSSR count). The summed E-state index contributed by atoms with van der Waals surface area (Å²) < 4.78 is 5.48. The third-order valence-electron chi connectivity index (χ3n) is 5.54. The number of nitrogens with zero attached hydrogens (tertiary/aromatic N) is 9. The summed E-state index contributed by atoms with van der Waals surface area (Å²) in [6, 6.07) is 8.22. The summed E-state index contributed by atoms with van der Waals surface area (Å²) in [7, 11) is 2.12. The number of fused-ring (bicyclic) bond motifs is 6. The fraction of sp³-hybridized carbons (Fsp3) is 0.278. The maximum atomic E-state index is 6.38. The van der Waals surface area contributed by atoms with E-state index in [1.165, 1.54) is 6.42 Å². The van der Waals surface area contributed by atoms with Crippen molar-refractivity contribution in [2.45, 2.75) is 18.9 Å². The van der Waals surface area contributed by atoms with Crippen molar-refractivity contribution in [2.24, 2.45) is 0 Å². The van der Waals surface area contributed by atoms with Gasteiger partial charge in [0.05, 0.1) is 24.0 Å². The third kappa shape index (κ3) is 2.08. The minimum absolute atomic E-state index is 0.290. The molecule has 0 spiro atoms. The Hall–Kier alpha value is -3.04. The van der Waals surface area contributed by atoms with E-state index >= 15 is 0 Å². The quantitative estimate of drug-likeness (QED) is 0.458. The van der Waals surface area contributed by atoms with Crippen LogP contribution in [0.3, 0.4) is 0 Å². The van der Waals surface area contributed by atoms with Crippen LogP contribution in [0.4, 0.5) is 0 Å². The third-order valence-corrected chi connectivity index (χ3v) is 5.81. The molecule has 1 unspecified atom stereocenters. The van der Waals surface area contributed by atoms with Crippen LogP contribution in [-0.4, -0.2) is 57.5 Å². The number of rotatable bonds is 2. The van der Waals surface area contributed by atoms with Crippen molar-refractivity contribution in [3.05, 3.63) is 47.6 Å². The van der Waals surface area contributed by atoms with Gasteiger partial charge in [-0.3, -0.25) is 9.30 Å². The summed E-state index contributed by atoms with van der Waals surface area (Å²) in [6.45, 7) is 1.08. The van der Waals surface area contributed by atoms with Gasteiger partial charge in [-0.1, -0.05) is 17.3 Å². The zero-order chi connectivity index (χ0) is 18.8. The highest BCUT2D eigenvalue weighted by Crippen LogP contribution is 2.30. The molecule has 1 aliphatic heterocycles. The number of hydrogen-bond acceptors (Lipinski definition) is 6. The van der Waals surface area contributed by atoms with Gasteiger partial charge in [0, 0.05) is 5.39 Å². The number of aromatic nitrogens is 8. The van der Waals surface area contributed by atoms with Gasteiger partial charge in [0.25, 0.3) is 5.95 Å². The van der Waals surface area contributed by atoms with Crippen molar-refractivity contribution >= 4 is 33.8 Å². The fourth-order valence-corrected chi connectivity index (χ4v) is 4.41. The lowest BCUT2D eigenvalue weighted by atomic mass is 10.2. The maximum absolute atomic E-state index is 6.38. The van der Waals surface area contributed by atoms with E-state index in [1.54, 1.807) is 10.9 Å². The van der Waals surface area contributed by atoms with Crippen LogP contribution in [0.5, 0.6) is 0 Å². The Morgan fingerprint density at radius 1 is 1.11 bits per heavy atom. The molecule has 0 bridgehead atoms. The van der Waals surface area contributed by atoms with E-state index in [4.69, 9.17) is 11.6 Å². The predicted molar refractivity (Wildman–Crippen MR) is 104 cm³/mol. The van der Waals surface area contributed by atoms with Crippen molar-refractivity contribution in [1.82, 2.24) is 43.9 Å². The average Bonchev–Trinajstić information content (AvgIpc) is 3.46. The molecule has 10 heteroatoms. The lowest BCUT2D eigenvalue weighted by Crippen LogP contribution is -2.17. The molecule has 5 heterocycles. The molecule has 0 N–H and O–H groups in total. The molecule has 5 aromatic rings. The van der Waals surface area contributed by atoms with Crippen molar-refractivity contribution in [3.8, 4) is 5.95 Å². The van der Waals surface area contributed by atoms with Gasteiger partial charge < -0.3 is 0 Å². The van der Waals surface area contributed by atoms with Gasteiger partial charge in [-0.2, -0.15) is 4.68 Å². The molecule has 0 amide bonds. The first-order valence-corrected chi connectivity index (χ1v) is 9.52. The van der Waals surface area contributed by atoms with Gasteiger partial charge in [-0.25, -0.2) is 9.38 Å². The van der Waals surface area contributed by atoms with Gasteiger partial charge in [-0.05, 0) is 50.2 Å². The summed E-state index contributed by atoms with van der Waals surface area (Å²) in [4.78, 5) is 6.59. The van der Waals surface area contributed by atoms with Crippen LogP contribution >= 0.6 is 11.6 Å². The first-order valence-electron chi connectivity index (χ1n) is 9.14. The van der Waals surface area contributed by atoms with E-state index in [0.29, 0.717) is 11.2 Å². The molecule has 0 radical (unpaired) electrons. The molecule has 1 atom stereocenters. The molecule has 140 valence electrons. The Balaban J connectivity index is 1.62. The minimum atomic E-state index is 0.290. The Bertz CT molecular complexity index is 1350. The summed E-state index contributed by atoms with van der Waals surface area (Å²) in [5.74, 6) is 0.557. The second kappa shape index (κ2) is 5.73. The van der Waals surface area contributed by atoms with E-state index in [2.05, 4.69) is 37.4 Å². The molecule has 1 fully saturated rings. The second-order valence-corrected chi connectivity index (χ2v) is 7.46. The van der Waals surface area contributed by atoms with E-state index in [-0.39, 0.29) is 6.04 Å². The Morgan fingerprint density at radius 3 is 2.86 bits per heavy atom. The van der Waals surface area contributed by atoms with Gasteiger partial charge >= 0.3 is 0 Å². The van der Waals surface area contributed by atoms with Crippen molar-refractivity contribution < 1.29 is 0 Å². The van der Waals surface area contributed by atoms with Crippen LogP contribution in [0.25, 0.3) is 28.1 Å². The van der Waals surface area contributed by atoms with Crippen molar-refractivity contribution in [2.75, 3.05) is 13.6 Å². The molecule has 4 aromatic heterocycles.